The molecule has 0 heterocycles. The van der Waals surface area contributed by atoms with Gasteiger partial charge in [0.1, 0.15) is 0 Å². The average Bonchev–Trinajstić information content (AvgIpc) is 2.08. The van der Waals surface area contributed by atoms with Crippen LogP contribution in [0, 0.1) is 0 Å². The van der Waals surface area contributed by atoms with Gasteiger partial charge in [0.2, 0.25) is 0 Å². The molecule has 0 saturated carbocycles. The van der Waals surface area contributed by atoms with Crippen molar-refractivity contribution in [2.75, 3.05) is 39.6 Å². The minimum absolute atomic E-state index is 0. The van der Waals surface area contributed by atoms with Crippen LogP contribution in [0.2, 0.25) is 0 Å². The van der Waals surface area contributed by atoms with Gasteiger partial charge in [0, 0.05) is 30.4 Å². The zero-order valence-electron chi connectivity index (χ0n) is 8.36. The highest BCUT2D eigenvalue weighted by molar-refractivity contribution is 6.18. The Kier molecular flexibility index (Phi) is 49.5. The smallest absolute Gasteiger partial charge is 0.0383 e. The Bertz CT molecular complexity index is 116. The van der Waals surface area contributed by atoms with E-state index < -0.39 is 0 Å². The van der Waals surface area contributed by atoms with Crippen LogP contribution in [-0.4, -0.2) is 39.6 Å². The van der Waals surface area contributed by atoms with Crippen molar-refractivity contribution in [3.63, 3.8) is 0 Å². The third-order valence-electron chi connectivity index (χ3n) is 0.870. The Morgan fingerprint density at radius 3 is 1.93 bits per heavy atom. The normalized spacial score (nSPS) is 6.79. The van der Waals surface area contributed by atoms with Crippen LogP contribution >= 0.6 is 36.4 Å². The van der Waals surface area contributed by atoms with E-state index in [-0.39, 0.29) is 24.8 Å². The van der Waals surface area contributed by atoms with Crippen LogP contribution in [0.5, 0.6) is 0 Å². The van der Waals surface area contributed by atoms with Gasteiger partial charge >= 0.3 is 0 Å². The first-order chi connectivity index (χ1) is 5.83. The first-order valence-corrected chi connectivity index (χ1v) is 4.23. The van der Waals surface area contributed by atoms with Crippen molar-refractivity contribution in [2.24, 2.45) is 5.11 Å². The molecule has 5 nitrogen and oxygen atoms in total. The standard InChI is InChI=1S/C3H8ClN.C3H8N4.2ClH/c1-5-3-2-4;1-5-2-3-6-7-4;;/h5H,2-3H2,1H3;5H,2-3H2,1H3;2*1H. The molecule has 0 atom stereocenters. The molecule has 0 unspecified atom stereocenters. The molecule has 0 aliphatic rings. The van der Waals surface area contributed by atoms with Crippen molar-refractivity contribution < 1.29 is 0 Å². The maximum absolute atomic E-state index is 7.72. The van der Waals surface area contributed by atoms with E-state index in [1.807, 2.05) is 14.1 Å². The maximum atomic E-state index is 7.72. The lowest BCUT2D eigenvalue weighted by Crippen LogP contribution is -2.09. The van der Waals surface area contributed by atoms with Crippen LogP contribution < -0.4 is 10.6 Å². The van der Waals surface area contributed by atoms with Crippen LogP contribution in [0.25, 0.3) is 10.4 Å². The summed E-state index contributed by atoms with van der Waals surface area (Å²) < 4.78 is 0. The Hall–Kier alpha value is 0.1000. The molecule has 0 aromatic carbocycles. The summed E-state index contributed by atoms with van der Waals surface area (Å²) in [5.41, 5.74) is 7.72. The van der Waals surface area contributed by atoms with Crippen molar-refractivity contribution in [3.8, 4) is 0 Å². The zero-order chi connectivity index (χ0) is 9.66. The number of likely N-dealkylation sites (N-methyl/N-ethyl adjacent to an activating group) is 1. The van der Waals surface area contributed by atoms with E-state index in [0.717, 1.165) is 13.1 Å². The second-order valence-electron chi connectivity index (χ2n) is 1.85. The summed E-state index contributed by atoms with van der Waals surface area (Å²) in [7, 11) is 3.69. The number of azide groups is 1. The SMILES string of the molecule is CNCCCl.CNCCN=[N+]=[N-].Cl.Cl. The lowest BCUT2D eigenvalue weighted by molar-refractivity contribution is 0.798. The number of hydrogen-bond donors (Lipinski definition) is 2. The van der Waals surface area contributed by atoms with Crippen molar-refractivity contribution >= 4 is 36.4 Å². The predicted molar refractivity (Wildman–Crippen MR) is 67.1 cm³/mol. The van der Waals surface area contributed by atoms with Gasteiger partial charge in [0.25, 0.3) is 0 Å². The molecule has 8 heteroatoms. The van der Waals surface area contributed by atoms with Gasteiger partial charge in [0.05, 0.1) is 0 Å². The highest BCUT2D eigenvalue weighted by Crippen LogP contribution is 1.64. The second kappa shape index (κ2) is 29.2. The van der Waals surface area contributed by atoms with Crippen LogP contribution in [0.1, 0.15) is 0 Å². The van der Waals surface area contributed by atoms with Gasteiger partial charge in [-0.1, -0.05) is 5.11 Å². The molecular formula is C6H18Cl3N5. The minimum Gasteiger partial charge on any atom is -0.320 e. The maximum Gasteiger partial charge on any atom is 0.0383 e. The summed E-state index contributed by atoms with van der Waals surface area (Å²) in [6.45, 7) is 2.19. The van der Waals surface area contributed by atoms with Crippen LogP contribution in [-0.2, 0) is 0 Å². The lowest BCUT2D eigenvalue weighted by atomic mass is 10.7. The van der Waals surface area contributed by atoms with Crippen molar-refractivity contribution in [2.45, 2.75) is 0 Å². The van der Waals surface area contributed by atoms with Crippen LogP contribution in [0.3, 0.4) is 0 Å². The Labute approximate surface area is 102 Å². The Morgan fingerprint density at radius 2 is 1.71 bits per heavy atom. The van der Waals surface area contributed by atoms with Gasteiger partial charge in [-0.15, -0.1) is 36.4 Å². The van der Waals surface area contributed by atoms with Gasteiger partial charge in [-0.3, -0.25) is 0 Å². The van der Waals surface area contributed by atoms with Gasteiger partial charge in [-0.25, -0.2) is 0 Å². The third kappa shape index (κ3) is 40.1. The molecule has 0 radical (unpaired) electrons. The fourth-order valence-corrected chi connectivity index (χ4v) is 0.490. The molecular weight excluding hydrogens is 248 g/mol. The second-order valence-corrected chi connectivity index (χ2v) is 2.23. The van der Waals surface area contributed by atoms with Gasteiger partial charge in [-0.05, 0) is 19.6 Å². The van der Waals surface area contributed by atoms with E-state index >= 15 is 0 Å². The fraction of sp³-hybridized carbons (Fsp3) is 1.00. The summed E-state index contributed by atoms with van der Waals surface area (Å²) >= 11 is 5.24. The molecule has 0 aromatic rings. The van der Waals surface area contributed by atoms with Crippen molar-refractivity contribution in [3.05, 3.63) is 10.4 Å². The van der Waals surface area contributed by atoms with E-state index in [4.69, 9.17) is 17.1 Å². The van der Waals surface area contributed by atoms with Gasteiger partial charge in [-0.2, -0.15) is 0 Å². The van der Waals surface area contributed by atoms with Crippen LogP contribution in [0.4, 0.5) is 0 Å². The molecule has 0 aromatic heterocycles. The molecule has 2 N–H and O–H groups in total. The monoisotopic (exact) mass is 265 g/mol. The summed E-state index contributed by atoms with van der Waals surface area (Å²) in [6.07, 6.45) is 0. The van der Waals surface area contributed by atoms with E-state index in [9.17, 15) is 0 Å². The van der Waals surface area contributed by atoms with Gasteiger partial charge < -0.3 is 10.6 Å². The zero-order valence-corrected chi connectivity index (χ0v) is 10.8. The van der Waals surface area contributed by atoms with E-state index in [1.165, 1.54) is 0 Å². The van der Waals surface area contributed by atoms with Gasteiger partial charge in [0.15, 0.2) is 0 Å². The largest absolute Gasteiger partial charge is 0.320 e. The van der Waals surface area contributed by atoms with E-state index in [2.05, 4.69) is 20.7 Å². The number of rotatable bonds is 5. The predicted octanol–water partition coefficient (Wildman–Crippen LogP) is 1.80. The summed E-state index contributed by atoms with van der Waals surface area (Å²) in [6, 6.07) is 0. The molecule has 0 aliphatic carbocycles. The molecule has 0 saturated heterocycles. The number of nitrogens with one attached hydrogen (secondary N) is 2. The summed E-state index contributed by atoms with van der Waals surface area (Å²) in [4.78, 5) is 2.56. The summed E-state index contributed by atoms with van der Waals surface area (Å²) in [5.74, 6) is 0.705. The number of halogens is 3. The average molecular weight is 267 g/mol. The first kappa shape index (κ1) is 23.7. The third-order valence-corrected chi connectivity index (χ3v) is 1.06. The minimum atomic E-state index is 0. The van der Waals surface area contributed by atoms with Crippen molar-refractivity contribution in [1.82, 2.24) is 10.6 Å². The van der Waals surface area contributed by atoms with E-state index in [1.54, 1.807) is 0 Å². The van der Waals surface area contributed by atoms with E-state index in [0.29, 0.717) is 12.4 Å². The molecule has 0 rings (SSSR count). The molecule has 0 fully saturated rings. The number of hydrogen-bond acceptors (Lipinski definition) is 3. The highest BCUT2D eigenvalue weighted by Gasteiger charge is 1.71. The molecule has 0 spiro atoms. The molecule has 88 valence electrons. The van der Waals surface area contributed by atoms with Crippen LogP contribution in [0.15, 0.2) is 5.11 Å². The highest BCUT2D eigenvalue weighted by atomic mass is 35.5. The topological polar surface area (TPSA) is 72.8 Å². The molecule has 0 bridgehead atoms. The quantitative estimate of drug-likeness (QED) is 0.262. The number of nitrogens with zero attached hydrogens (tertiary/aromatic N) is 3. The summed E-state index contributed by atoms with van der Waals surface area (Å²) in [5, 5.41) is 9.00. The first-order valence-electron chi connectivity index (χ1n) is 3.69. The lowest BCUT2D eigenvalue weighted by Gasteiger charge is -1.85. The Balaban J connectivity index is -0.0000000651. The number of alkyl halides is 1. The van der Waals surface area contributed by atoms with Crippen molar-refractivity contribution in [1.29, 1.82) is 0 Å². The molecule has 0 aliphatic heterocycles. The Morgan fingerprint density at radius 1 is 1.21 bits per heavy atom. The molecule has 0 amide bonds. The molecule has 14 heavy (non-hydrogen) atoms. The fourth-order valence-electron chi connectivity index (χ4n) is 0.301.